The van der Waals surface area contributed by atoms with E-state index in [9.17, 15) is 4.79 Å². The van der Waals surface area contributed by atoms with Crippen LogP contribution < -0.4 is 5.32 Å². The second kappa shape index (κ2) is 4.45. The van der Waals surface area contributed by atoms with Gasteiger partial charge in [0.1, 0.15) is 5.01 Å². The Morgan fingerprint density at radius 3 is 2.88 bits per heavy atom. The highest BCUT2D eigenvalue weighted by molar-refractivity contribution is 7.13. The number of carbonyl (C=O) groups is 1. The second-order valence-corrected chi connectivity index (χ2v) is 4.41. The van der Waals surface area contributed by atoms with Crippen molar-refractivity contribution in [2.45, 2.75) is 13.8 Å². The summed E-state index contributed by atoms with van der Waals surface area (Å²) in [6.45, 7) is 3.47. The van der Waals surface area contributed by atoms with E-state index in [1.165, 1.54) is 6.92 Å². The standard InChI is InChI=1S/C12H12N2OS/c1-8-7-16-12(13-8)10-4-3-5-11(6-10)14-9(2)15/h3-7H,1-2H3,(H,14,15). The summed E-state index contributed by atoms with van der Waals surface area (Å²) in [5.41, 5.74) is 2.85. The number of thiazole rings is 1. The van der Waals surface area contributed by atoms with Crippen LogP contribution in [-0.4, -0.2) is 10.9 Å². The number of rotatable bonds is 2. The van der Waals surface area contributed by atoms with Gasteiger partial charge in [0.2, 0.25) is 5.91 Å². The van der Waals surface area contributed by atoms with Crippen molar-refractivity contribution in [1.29, 1.82) is 0 Å². The maximum absolute atomic E-state index is 10.9. The molecule has 0 spiro atoms. The first kappa shape index (κ1) is 10.8. The van der Waals surface area contributed by atoms with Crippen molar-refractivity contribution >= 4 is 22.9 Å². The summed E-state index contributed by atoms with van der Waals surface area (Å²) >= 11 is 1.61. The third kappa shape index (κ3) is 2.46. The Morgan fingerprint density at radius 1 is 1.44 bits per heavy atom. The number of amides is 1. The number of nitrogens with one attached hydrogen (secondary N) is 1. The number of benzene rings is 1. The molecule has 16 heavy (non-hydrogen) atoms. The lowest BCUT2D eigenvalue weighted by Crippen LogP contribution is -2.05. The van der Waals surface area contributed by atoms with Gasteiger partial charge in [0.15, 0.2) is 0 Å². The van der Waals surface area contributed by atoms with Crippen LogP contribution >= 0.6 is 11.3 Å². The monoisotopic (exact) mass is 232 g/mol. The maximum atomic E-state index is 10.9. The van der Waals surface area contributed by atoms with Gasteiger partial charge in [-0.1, -0.05) is 12.1 Å². The summed E-state index contributed by atoms with van der Waals surface area (Å²) in [7, 11) is 0. The summed E-state index contributed by atoms with van der Waals surface area (Å²) in [4.78, 5) is 15.3. The van der Waals surface area contributed by atoms with Gasteiger partial charge < -0.3 is 5.32 Å². The van der Waals surface area contributed by atoms with Gasteiger partial charge in [-0.2, -0.15) is 0 Å². The van der Waals surface area contributed by atoms with E-state index in [4.69, 9.17) is 0 Å². The SMILES string of the molecule is CC(=O)Nc1cccc(-c2nc(C)cs2)c1. The van der Waals surface area contributed by atoms with Gasteiger partial charge >= 0.3 is 0 Å². The van der Waals surface area contributed by atoms with Crippen LogP contribution in [0, 0.1) is 6.92 Å². The van der Waals surface area contributed by atoms with Crippen molar-refractivity contribution in [3.05, 3.63) is 35.3 Å². The average molecular weight is 232 g/mol. The molecule has 0 aliphatic carbocycles. The van der Waals surface area contributed by atoms with E-state index in [1.807, 2.05) is 36.6 Å². The summed E-state index contributed by atoms with van der Waals surface area (Å²) in [6.07, 6.45) is 0. The predicted molar refractivity (Wildman–Crippen MR) is 66.6 cm³/mol. The molecular formula is C12H12N2OS. The number of carbonyl (C=O) groups excluding carboxylic acids is 1. The molecule has 0 radical (unpaired) electrons. The van der Waals surface area contributed by atoms with E-state index < -0.39 is 0 Å². The van der Waals surface area contributed by atoms with Gasteiger partial charge in [-0.25, -0.2) is 4.98 Å². The molecule has 0 aliphatic heterocycles. The number of aromatic nitrogens is 1. The fraction of sp³-hybridized carbons (Fsp3) is 0.167. The van der Waals surface area contributed by atoms with Gasteiger partial charge in [0, 0.05) is 29.2 Å². The Hall–Kier alpha value is -1.68. The first-order valence-corrected chi connectivity index (χ1v) is 5.83. The quantitative estimate of drug-likeness (QED) is 0.864. The highest BCUT2D eigenvalue weighted by atomic mass is 32.1. The van der Waals surface area contributed by atoms with Crippen molar-refractivity contribution in [3.8, 4) is 10.6 Å². The van der Waals surface area contributed by atoms with E-state index in [1.54, 1.807) is 11.3 Å². The van der Waals surface area contributed by atoms with Gasteiger partial charge in [0.05, 0.1) is 0 Å². The van der Waals surface area contributed by atoms with Gasteiger partial charge in [-0.3, -0.25) is 4.79 Å². The molecule has 0 saturated carbocycles. The fourth-order valence-corrected chi connectivity index (χ4v) is 2.21. The molecule has 1 heterocycles. The highest BCUT2D eigenvalue weighted by Gasteiger charge is 2.03. The van der Waals surface area contributed by atoms with Crippen molar-refractivity contribution in [1.82, 2.24) is 4.98 Å². The Kier molecular flexibility index (Phi) is 3.01. The van der Waals surface area contributed by atoms with Crippen molar-refractivity contribution in [2.24, 2.45) is 0 Å². The fourth-order valence-electron chi connectivity index (χ4n) is 1.42. The molecule has 1 aromatic heterocycles. The van der Waals surface area contributed by atoms with Crippen LogP contribution in [0.25, 0.3) is 10.6 Å². The minimum Gasteiger partial charge on any atom is -0.326 e. The zero-order chi connectivity index (χ0) is 11.5. The average Bonchev–Trinajstić information content (AvgIpc) is 2.64. The molecule has 1 aromatic carbocycles. The molecule has 2 aromatic rings. The first-order chi connectivity index (χ1) is 7.65. The molecule has 0 bridgehead atoms. The first-order valence-electron chi connectivity index (χ1n) is 4.95. The number of nitrogens with zero attached hydrogens (tertiary/aromatic N) is 1. The largest absolute Gasteiger partial charge is 0.326 e. The molecule has 1 amide bonds. The third-order valence-electron chi connectivity index (χ3n) is 2.05. The van der Waals surface area contributed by atoms with Crippen LogP contribution in [0.4, 0.5) is 5.69 Å². The minimum absolute atomic E-state index is 0.0625. The lowest BCUT2D eigenvalue weighted by atomic mass is 10.2. The van der Waals surface area contributed by atoms with E-state index in [0.717, 1.165) is 22.0 Å². The topological polar surface area (TPSA) is 42.0 Å². The molecular weight excluding hydrogens is 220 g/mol. The summed E-state index contributed by atoms with van der Waals surface area (Å²) in [6, 6.07) is 7.70. The van der Waals surface area contributed by atoms with Crippen LogP contribution in [0.2, 0.25) is 0 Å². The molecule has 0 saturated heterocycles. The van der Waals surface area contributed by atoms with Crippen LogP contribution in [-0.2, 0) is 4.79 Å². The smallest absolute Gasteiger partial charge is 0.221 e. The Balaban J connectivity index is 2.32. The van der Waals surface area contributed by atoms with E-state index >= 15 is 0 Å². The van der Waals surface area contributed by atoms with Crippen LogP contribution in [0.5, 0.6) is 0 Å². The number of hydrogen-bond acceptors (Lipinski definition) is 3. The molecule has 82 valence electrons. The van der Waals surface area contributed by atoms with Crippen molar-refractivity contribution < 1.29 is 4.79 Å². The molecule has 3 nitrogen and oxygen atoms in total. The zero-order valence-electron chi connectivity index (χ0n) is 9.15. The third-order valence-corrected chi connectivity index (χ3v) is 3.06. The number of aryl methyl sites for hydroxylation is 1. The maximum Gasteiger partial charge on any atom is 0.221 e. The number of anilines is 1. The lowest BCUT2D eigenvalue weighted by Gasteiger charge is -2.03. The van der Waals surface area contributed by atoms with E-state index in [0.29, 0.717) is 0 Å². The van der Waals surface area contributed by atoms with Crippen molar-refractivity contribution in [3.63, 3.8) is 0 Å². The molecule has 0 aliphatic rings. The highest BCUT2D eigenvalue weighted by Crippen LogP contribution is 2.25. The predicted octanol–water partition coefficient (Wildman–Crippen LogP) is 3.08. The van der Waals surface area contributed by atoms with Gasteiger partial charge in [0.25, 0.3) is 0 Å². The van der Waals surface area contributed by atoms with Gasteiger partial charge in [-0.05, 0) is 19.1 Å². The van der Waals surface area contributed by atoms with E-state index in [-0.39, 0.29) is 5.91 Å². The molecule has 0 atom stereocenters. The molecule has 1 N–H and O–H groups in total. The Bertz CT molecular complexity index is 519. The van der Waals surface area contributed by atoms with Crippen LogP contribution in [0.1, 0.15) is 12.6 Å². The van der Waals surface area contributed by atoms with E-state index in [2.05, 4.69) is 10.3 Å². The second-order valence-electron chi connectivity index (χ2n) is 3.56. The minimum atomic E-state index is -0.0625. The van der Waals surface area contributed by atoms with Gasteiger partial charge in [-0.15, -0.1) is 11.3 Å². The number of hydrogen-bond donors (Lipinski definition) is 1. The molecule has 0 unspecified atom stereocenters. The molecule has 2 rings (SSSR count). The Labute approximate surface area is 98.2 Å². The normalized spacial score (nSPS) is 10.1. The Morgan fingerprint density at radius 2 is 2.25 bits per heavy atom. The summed E-state index contributed by atoms with van der Waals surface area (Å²) in [5.74, 6) is -0.0625. The molecule has 0 fully saturated rings. The lowest BCUT2D eigenvalue weighted by molar-refractivity contribution is -0.114. The van der Waals surface area contributed by atoms with Crippen LogP contribution in [0.15, 0.2) is 29.6 Å². The summed E-state index contributed by atoms with van der Waals surface area (Å²) < 4.78 is 0. The molecule has 4 heteroatoms. The van der Waals surface area contributed by atoms with Crippen LogP contribution in [0.3, 0.4) is 0 Å². The van der Waals surface area contributed by atoms with Crippen molar-refractivity contribution in [2.75, 3.05) is 5.32 Å². The summed E-state index contributed by atoms with van der Waals surface area (Å²) in [5, 5.41) is 5.75. The zero-order valence-corrected chi connectivity index (χ0v) is 9.97.